The average Bonchev–Trinajstić information content (AvgIpc) is 3.41. The number of aromatic nitrogens is 1. The fraction of sp³-hybridized carbons (Fsp3) is 0.241. The minimum Gasteiger partial charge on any atom is -0.463 e. The van der Waals surface area contributed by atoms with Crippen molar-refractivity contribution in [2.24, 2.45) is 5.73 Å². The first-order valence-electron chi connectivity index (χ1n) is 12.5. The molecule has 0 saturated heterocycles. The lowest BCUT2D eigenvalue weighted by molar-refractivity contribution is -0.137. The van der Waals surface area contributed by atoms with E-state index in [1.807, 2.05) is 54.6 Å². The van der Waals surface area contributed by atoms with Crippen LogP contribution in [-0.2, 0) is 25.5 Å². The van der Waals surface area contributed by atoms with Gasteiger partial charge in [0.15, 0.2) is 0 Å². The zero-order valence-corrected chi connectivity index (χ0v) is 23.1. The van der Waals surface area contributed by atoms with Crippen molar-refractivity contribution in [3.05, 3.63) is 94.6 Å². The summed E-state index contributed by atoms with van der Waals surface area (Å²) in [7, 11) is 0. The number of esters is 1. The van der Waals surface area contributed by atoms with Gasteiger partial charge in [-0.15, -0.1) is 0 Å². The molecule has 2 atom stereocenters. The summed E-state index contributed by atoms with van der Waals surface area (Å²) in [4.78, 5) is 52.9. The predicted octanol–water partition coefficient (Wildman–Crippen LogP) is 3.65. The molecule has 3 amide bonds. The zero-order chi connectivity index (χ0) is 28.2. The number of hydrogen-bond donors (Lipinski definition) is 4. The molecular weight excluding hydrogens is 564 g/mol. The van der Waals surface area contributed by atoms with E-state index in [0.29, 0.717) is 5.69 Å². The van der Waals surface area contributed by atoms with Gasteiger partial charge in [-0.1, -0.05) is 70.5 Å². The molecular formula is C29H31BrN4O5. The van der Waals surface area contributed by atoms with Crippen LogP contribution in [0.2, 0.25) is 0 Å². The lowest BCUT2D eigenvalue weighted by Gasteiger charge is -2.22. The molecule has 3 rings (SSSR count). The van der Waals surface area contributed by atoms with Crippen LogP contribution >= 0.6 is 15.9 Å². The van der Waals surface area contributed by atoms with Gasteiger partial charge in [0.2, 0.25) is 11.8 Å². The zero-order valence-electron chi connectivity index (χ0n) is 21.5. The van der Waals surface area contributed by atoms with Crippen molar-refractivity contribution in [2.75, 3.05) is 6.61 Å². The maximum Gasteiger partial charge on any atom is 0.330 e. The number of carbonyl (C=O) groups is 4. The number of primary amides is 1. The third-order valence-electron chi connectivity index (χ3n) is 5.78. The van der Waals surface area contributed by atoms with Crippen molar-refractivity contribution in [3.63, 3.8) is 0 Å². The number of ether oxygens (including phenoxy) is 1. The molecule has 1 heterocycles. The first-order chi connectivity index (χ1) is 18.8. The van der Waals surface area contributed by atoms with Gasteiger partial charge in [0.05, 0.1) is 6.61 Å². The van der Waals surface area contributed by atoms with Gasteiger partial charge in [0.25, 0.3) is 5.91 Å². The Morgan fingerprint density at radius 1 is 1.00 bits per heavy atom. The summed E-state index contributed by atoms with van der Waals surface area (Å²) in [6.07, 6.45) is 3.04. The number of hydrogen-bond acceptors (Lipinski definition) is 5. The van der Waals surface area contributed by atoms with E-state index in [-0.39, 0.29) is 25.9 Å². The molecule has 9 nitrogen and oxygen atoms in total. The van der Waals surface area contributed by atoms with E-state index in [2.05, 4.69) is 31.5 Å². The highest BCUT2D eigenvalue weighted by Gasteiger charge is 2.25. The molecule has 39 heavy (non-hydrogen) atoms. The first-order valence-corrected chi connectivity index (χ1v) is 13.3. The van der Waals surface area contributed by atoms with Gasteiger partial charge >= 0.3 is 5.97 Å². The van der Waals surface area contributed by atoms with Crippen molar-refractivity contribution in [1.29, 1.82) is 0 Å². The average molecular weight is 595 g/mol. The van der Waals surface area contributed by atoms with Gasteiger partial charge in [0, 0.05) is 40.7 Å². The molecule has 10 heteroatoms. The SMILES string of the molecule is CCOC(=O)/C=C/[C@@H](CCC(N)=O)NC(=O)[C@@H](Cc1ccccc1)NC(=O)c1ccc(-c2ccccc2Br)[nH]1. The van der Waals surface area contributed by atoms with Crippen LogP contribution in [0.15, 0.2) is 83.4 Å². The molecule has 0 aliphatic carbocycles. The summed E-state index contributed by atoms with van der Waals surface area (Å²) in [6, 6.07) is 18.7. The molecule has 0 aliphatic rings. The van der Waals surface area contributed by atoms with E-state index in [9.17, 15) is 19.2 Å². The fourth-order valence-electron chi connectivity index (χ4n) is 3.84. The second-order valence-electron chi connectivity index (χ2n) is 8.71. The van der Waals surface area contributed by atoms with Crippen LogP contribution in [0, 0.1) is 0 Å². The highest BCUT2D eigenvalue weighted by Crippen LogP contribution is 2.27. The standard InChI is InChI=1S/C29H31BrN4O5/c1-2-39-27(36)17-13-20(12-16-26(31)35)32-29(38)25(18-19-8-4-3-5-9-19)34-28(37)24-15-14-23(33-24)21-10-6-7-11-22(21)30/h3-11,13-15,17,20,25,33H,2,12,16,18H2,1H3,(H2,31,35)(H,32,38)(H,34,37)/b17-13+/t20-,25-/m1/s1. The fourth-order valence-corrected chi connectivity index (χ4v) is 4.34. The van der Waals surface area contributed by atoms with Crippen LogP contribution in [0.4, 0.5) is 0 Å². The van der Waals surface area contributed by atoms with Gasteiger partial charge in [-0.2, -0.15) is 0 Å². The smallest absolute Gasteiger partial charge is 0.330 e. The molecule has 3 aromatic rings. The lowest BCUT2D eigenvalue weighted by Crippen LogP contribution is -2.50. The number of rotatable bonds is 13. The Morgan fingerprint density at radius 3 is 2.41 bits per heavy atom. The summed E-state index contributed by atoms with van der Waals surface area (Å²) >= 11 is 3.51. The monoisotopic (exact) mass is 594 g/mol. The number of halogens is 1. The van der Waals surface area contributed by atoms with Crippen molar-refractivity contribution in [3.8, 4) is 11.3 Å². The van der Waals surface area contributed by atoms with Crippen LogP contribution in [-0.4, -0.2) is 47.4 Å². The molecule has 0 aliphatic heterocycles. The molecule has 0 unspecified atom stereocenters. The topological polar surface area (TPSA) is 143 Å². The van der Waals surface area contributed by atoms with Crippen molar-refractivity contribution < 1.29 is 23.9 Å². The molecule has 1 aromatic heterocycles. The second-order valence-corrected chi connectivity index (χ2v) is 9.57. The number of amides is 3. The number of carbonyl (C=O) groups excluding carboxylic acids is 4. The minimum atomic E-state index is -0.942. The highest BCUT2D eigenvalue weighted by atomic mass is 79.9. The summed E-state index contributed by atoms with van der Waals surface area (Å²) in [5, 5.41) is 5.63. The summed E-state index contributed by atoms with van der Waals surface area (Å²) in [6.45, 7) is 1.88. The minimum absolute atomic E-state index is 0.00583. The Labute approximate surface area is 235 Å². The summed E-state index contributed by atoms with van der Waals surface area (Å²) < 4.78 is 5.77. The van der Waals surface area contributed by atoms with Crippen molar-refractivity contribution >= 4 is 39.6 Å². The van der Waals surface area contributed by atoms with Gasteiger partial charge in [-0.05, 0) is 37.1 Å². The van der Waals surface area contributed by atoms with Crippen LogP contribution < -0.4 is 16.4 Å². The second kappa shape index (κ2) is 14.7. The molecule has 5 N–H and O–H groups in total. The quantitative estimate of drug-likeness (QED) is 0.176. The first kappa shape index (κ1) is 29.4. The highest BCUT2D eigenvalue weighted by molar-refractivity contribution is 9.10. The van der Waals surface area contributed by atoms with E-state index >= 15 is 0 Å². The molecule has 204 valence electrons. The van der Waals surface area contributed by atoms with Crippen LogP contribution in [0.25, 0.3) is 11.3 Å². The van der Waals surface area contributed by atoms with E-state index < -0.39 is 35.8 Å². The Bertz CT molecular complexity index is 1320. The molecule has 0 bridgehead atoms. The Morgan fingerprint density at radius 2 is 1.72 bits per heavy atom. The Balaban J connectivity index is 1.79. The van der Waals surface area contributed by atoms with E-state index in [4.69, 9.17) is 10.5 Å². The van der Waals surface area contributed by atoms with Crippen LogP contribution in [0.1, 0.15) is 35.8 Å². The normalized spacial score (nSPS) is 12.5. The summed E-state index contributed by atoms with van der Waals surface area (Å²) in [5.41, 5.74) is 8.06. The van der Waals surface area contributed by atoms with Gasteiger partial charge < -0.3 is 26.1 Å². The third kappa shape index (κ3) is 9.26. The largest absolute Gasteiger partial charge is 0.463 e. The number of aromatic amines is 1. The predicted molar refractivity (Wildman–Crippen MR) is 151 cm³/mol. The van der Waals surface area contributed by atoms with Gasteiger partial charge in [-0.3, -0.25) is 14.4 Å². The maximum absolute atomic E-state index is 13.4. The van der Waals surface area contributed by atoms with Gasteiger partial charge in [-0.25, -0.2) is 4.79 Å². The van der Waals surface area contributed by atoms with Crippen molar-refractivity contribution in [2.45, 2.75) is 38.3 Å². The lowest BCUT2D eigenvalue weighted by atomic mass is 10.0. The van der Waals surface area contributed by atoms with E-state index in [1.165, 1.54) is 12.2 Å². The third-order valence-corrected chi connectivity index (χ3v) is 6.47. The maximum atomic E-state index is 13.4. The van der Waals surface area contributed by atoms with E-state index in [1.54, 1.807) is 19.1 Å². The molecule has 0 fully saturated rings. The van der Waals surface area contributed by atoms with Crippen LogP contribution in [0.3, 0.4) is 0 Å². The van der Waals surface area contributed by atoms with Gasteiger partial charge in [0.1, 0.15) is 11.7 Å². The number of nitrogens with two attached hydrogens (primary N) is 1. The summed E-state index contributed by atoms with van der Waals surface area (Å²) in [5.74, 6) is -2.05. The molecule has 2 aromatic carbocycles. The Kier molecular flexibility index (Phi) is 11.1. The van der Waals surface area contributed by atoms with E-state index in [0.717, 1.165) is 21.3 Å². The number of H-pyrrole nitrogens is 1. The molecule has 0 saturated carbocycles. The molecule has 0 radical (unpaired) electrons. The molecule has 0 spiro atoms. The number of nitrogens with one attached hydrogen (secondary N) is 3. The van der Waals surface area contributed by atoms with Crippen molar-refractivity contribution in [1.82, 2.24) is 15.6 Å². The Hall–Kier alpha value is -4.18. The number of benzene rings is 2. The van der Waals surface area contributed by atoms with Crippen LogP contribution in [0.5, 0.6) is 0 Å².